The molecule has 1 aromatic carbocycles. The zero-order valence-corrected chi connectivity index (χ0v) is 18.3. The zero-order chi connectivity index (χ0) is 19.0. The van der Waals surface area contributed by atoms with Crippen molar-refractivity contribution in [1.82, 2.24) is 15.6 Å². The monoisotopic (exact) mass is 488 g/mol. The van der Waals surface area contributed by atoms with Gasteiger partial charge in [-0.25, -0.2) is 9.37 Å². The largest absolute Gasteiger partial charge is 0.439 e. The van der Waals surface area contributed by atoms with Gasteiger partial charge in [-0.2, -0.15) is 0 Å². The summed E-state index contributed by atoms with van der Waals surface area (Å²) in [5, 5.41) is 6.42. The Labute approximate surface area is 176 Å². The Morgan fingerprint density at radius 2 is 2.00 bits per heavy atom. The molecule has 2 N–H and O–H groups in total. The number of hydrogen-bond donors (Lipinski definition) is 2. The summed E-state index contributed by atoms with van der Waals surface area (Å²) in [5.74, 6) is 1.09. The van der Waals surface area contributed by atoms with Crippen molar-refractivity contribution in [2.45, 2.75) is 26.0 Å². The summed E-state index contributed by atoms with van der Waals surface area (Å²) in [7, 11) is 3.37. The van der Waals surface area contributed by atoms with E-state index in [0.717, 1.165) is 5.56 Å². The maximum absolute atomic E-state index is 13.3. The van der Waals surface area contributed by atoms with Crippen molar-refractivity contribution < 1.29 is 13.9 Å². The fraction of sp³-hybridized carbons (Fsp3) is 0.368. The summed E-state index contributed by atoms with van der Waals surface area (Å²) in [6, 6.07) is 9.67. The van der Waals surface area contributed by atoms with Crippen molar-refractivity contribution in [3.8, 4) is 11.6 Å². The summed E-state index contributed by atoms with van der Waals surface area (Å²) in [5.41, 5.74) is 0.517. The van der Waals surface area contributed by atoms with Crippen molar-refractivity contribution >= 4 is 29.9 Å². The van der Waals surface area contributed by atoms with Crippen LogP contribution in [0.5, 0.6) is 11.6 Å². The standard InChI is InChI=1S/C19H25FN4O2.HI/c1-19(2,25-4)13-24-18(21-3)23-12-14-7-6-10-22-17(14)26-16-9-5-8-15(20)11-16;/h5-11H,12-13H2,1-4H3,(H2,21,23,24);1H. The van der Waals surface area contributed by atoms with Crippen LogP contribution in [0.2, 0.25) is 0 Å². The molecule has 2 aromatic rings. The SMILES string of the molecule is CN=C(NCc1cccnc1Oc1cccc(F)c1)NCC(C)(C)OC.I. The maximum atomic E-state index is 13.3. The number of nitrogens with zero attached hydrogens (tertiary/aromatic N) is 2. The van der Waals surface area contributed by atoms with Crippen molar-refractivity contribution in [2.24, 2.45) is 4.99 Å². The highest BCUT2D eigenvalue weighted by Crippen LogP contribution is 2.23. The van der Waals surface area contributed by atoms with Crippen LogP contribution in [0.15, 0.2) is 47.6 Å². The molecule has 0 saturated carbocycles. The predicted octanol–water partition coefficient (Wildman–Crippen LogP) is 3.72. The molecule has 0 atom stereocenters. The van der Waals surface area contributed by atoms with Crippen LogP contribution < -0.4 is 15.4 Å². The van der Waals surface area contributed by atoms with Crippen LogP contribution in [0.4, 0.5) is 4.39 Å². The second kappa shape index (κ2) is 11.0. The highest BCUT2D eigenvalue weighted by molar-refractivity contribution is 14.0. The molecule has 2 rings (SSSR count). The summed E-state index contributed by atoms with van der Waals surface area (Å²) in [4.78, 5) is 8.43. The number of pyridine rings is 1. The molecule has 0 aliphatic rings. The molecular formula is C19H26FIN4O2. The van der Waals surface area contributed by atoms with Crippen molar-refractivity contribution in [3.05, 3.63) is 54.0 Å². The quantitative estimate of drug-likeness (QED) is 0.354. The fourth-order valence-corrected chi connectivity index (χ4v) is 2.06. The number of halogens is 2. The Kier molecular flexibility index (Phi) is 9.44. The van der Waals surface area contributed by atoms with Gasteiger partial charge in [-0.1, -0.05) is 12.1 Å². The van der Waals surface area contributed by atoms with Gasteiger partial charge in [-0.15, -0.1) is 24.0 Å². The number of nitrogens with one attached hydrogen (secondary N) is 2. The Morgan fingerprint density at radius 1 is 1.22 bits per heavy atom. The second-order valence-electron chi connectivity index (χ2n) is 6.27. The van der Waals surface area contributed by atoms with Gasteiger partial charge in [0.1, 0.15) is 11.6 Å². The smallest absolute Gasteiger partial charge is 0.224 e. The average molecular weight is 488 g/mol. The molecular weight excluding hydrogens is 462 g/mol. The van der Waals surface area contributed by atoms with E-state index in [9.17, 15) is 4.39 Å². The maximum Gasteiger partial charge on any atom is 0.224 e. The molecule has 1 heterocycles. The number of benzene rings is 1. The molecule has 0 unspecified atom stereocenters. The molecule has 0 radical (unpaired) electrons. The molecule has 0 bridgehead atoms. The van der Waals surface area contributed by atoms with E-state index in [1.54, 1.807) is 32.5 Å². The van der Waals surface area contributed by atoms with Gasteiger partial charge in [0.25, 0.3) is 0 Å². The second-order valence-corrected chi connectivity index (χ2v) is 6.27. The predicted molar refractivity (Wildman–Crippen MR) is 115 cm³/mol. The zero-order valence-electron chi connectivity index (χ0n) is 16.0. The molecule has 27 heavy (non-hydrogen) atoms. The lowest BCUT2D eigenvalue weighted by molar-refractivity contribution is 0.0268. The first-order valence-electron chi connectivity index (χ1n) is 8.30. The van der Waals surface area contributed by atoms with Crippen molar-refractivity contribution in [3.63, 3.8) is 0 Å². The first-order chi connectivity index (χ1) is 12.4. The summed E-state index contributed by atoms with van der Waals surface area (Å²) >= 11 is 0. The number of guanidine groups is 1. The number of aromatic nitrogens is 1. The molecule has 0 aliphatic carbocycles. The lowest BCUT2D eigenvalue weighted by Crippen LogP contribution is -2.45. The van der Waals surface area contributed by atoms with Crippen molar-refractivity contribution in [2.75, 3.05) is 20.7 Å². The Balaban J connectivity index is 0.00000364. The molecule has 0 amide bonds. The van der Waals surface area contributed by atoms with E-state index in [-0.39, 0.29) is 35.4 Å². The topological polar surface area (TPSA) is 67.8 Å². The van der Waals surface area contributed by atoms with Crippen LogP contribution in [0, 0.1) is 5.82 Å². The summed E-state index contributed by atoms with van der Waals surface area (Å²) in [6.07, 6.45) is 1.63. The molecule has 0 spiro atoms. The first kappa shape index (κ1) is 23.1. The van der Waals surface area contributed by atoms with Crippen LogP contribution >= 0.6 is 24.0 Å². The fourth-order valence-electron chi connectivity index (χ4n) is 2.06. The minimum atomic E-state index is -0.358. The van der Waals surface area contributed by atoms with E-state index >= 15 is 0 Å². The molecule has 1 aromatic heterocycles. The van der Waals surface area contributed by atoms with E-state index in [4.69, 9.17) is 9.47 Å². The highest BCUT2D eigenvalue weighted by Gasteiger charge is 2.16. The van der Waals surface area contributed by atoms with Gasteiger partial charge in [0.15, 0.2) is 5.96 Å². The van der Waals surface area contributed by atoms with E-state index in [2.05, 4.69) is 20.6 Å². The van der Waals surface area contributed by atoms with E-state index in [1.807, 2.05) is 26.0 Å². The third-order valence-corrected chi connectivity index (χ3v) is 3.76. The van der Waals surface area contributed by atoms with Gasteiger partial charge < -0.3 is 20.1 Å². The molecule has 0 fully saturated rings. The molecule has 0 aliphatic heterocycles. The van der Waals surface area contributed by atoms with Crippen LogP contribution in [0.25, 0.3) is 0 Å². The lowest BCUT2D eigenvalue weighted by Gasteiger charge is -2.24. The Morgan fingerprint density at radius 3 is 2.67 bits per heavy atom. The van der Waals surface area contributed by atoms with Gasteiger partial charge in [-0.3, -0.25) is 4.99 Å². The third-order valence-electron chi connectivity index (χ3n) is 3.76. The minimum Gasteiger partial charge on any atom is -0.439 e. The molecule has 8 heteroatoms. The van der Waals surface area contributed by atoms with E-state index < -0.39 is 0 Å². The minimum absolute atomic E-state index is 0. The van der Waals surface area contributed by atoms with E-state index in [0.29, 0.717) is 30.7 Å². The first-order valence-corrected chi connectivity index (χ1v) is 8.30. The van der Waals surface area contributed by atoms with Gasteiger partial charge in [-0.05, 0) is 32.0 Å². The number of rotatable bonds is 7. The van der Waals surface area contributed by atoms with Crippen LogP contribution in [-0.4, -0.2) is 37.2 Å². The number of aliphatic imine (C=N–C) groups is 1. The van der Waals surface area contributed by atoms with E-state index in [1.165, 1.54) is 12.1 Å². The molecule has 0 saturated heterocycles. The number of ether oxygens (including phenoxy) is 2. The van der Waals surface area contributed by atoms with Gasteiger partial charge >= 0.3 is 0 Å². The molecule has 148 valence electrons. The van der Waals surface area contributed by atoms with Gasteiger partial charge in [0, 0.05) is 45.1 Å². The normalized spacial score (nSPS) is 11.5. The summed E-state index contributed by atoms with van der Waals surface area (Å²) < 4.78 is 24.4. The van der Waals surface area contributed by atoms with Crippen LogP contribution in [0.3, 0.4) is 0 Å². The average Bonchev–Trinajstić information content (AvgIpc) is 2.63. The highest BCUT2D eigenvalue weighted by atomic mass is 127. The third kappa shape index (κ3) is 7.67. The number of methoxy groups -OCH3 is 1. The Bertz CT molecular complexity index is 756. The van der Waals surface area contributed by atoms with Gasteiger partial charge in [0.2, 0.25) is 5.88 Å². The van der Waals surface area contributed by atoms with Crippen molar-refractivity contribution in [1.29, 1.82) is 0 Å². The number of hydrogen-bond acceptors (Lipinski definition) is 4. The lowest BCUT2D eigenvalue weighted by atomic mass is 10.1. The van der Waals surface area contributed by atoms with Crippen LogP contribution in [0.1, 0.15) is 19.4 Å². The molecule has 6 nitrogen and oxygen atoms in total. The van der Waals surface area contributed by atoms with Gasteiger partial charge in [0.05, 0.1) is 5.60 Å². The van der Waals surface area contributed by atoms with Crippen LogP contribution in [-0.2, 0) is 11.3 Å². The Hall–Kier alpha value is -1.94. The summed E-state index contributed by atoms with van der Waals surface area (Å²) in [6.45, 7) is 5.02.